The van der Waals surface area contributed by atoms with E-state index in [4.69, 9.17) is 0 Å². The van der Waals surface area contributed by atoms with Gasteiger partial charge in [0.25, 0.3) is 0 Å². The van der Waals surface area contributed by atoms with Gasteiger partial charge in [-0.05, 0) is 30.4 Å². The summed E-state index contributed by atoms with van der Waals surface area (Å²) in [5.74, 6) is 0.747. The molecule has 1 fully saturated rings. The smallest absolute Gasteiger partial charge is 0.0378 e. The van der Waals surface area contributed by atoms with Crippen LogP contribution >= 0.6 is 11.8 Å². The monoisotopic (exact) mass is 264 g/mol. The maximum absolute atomic E-state index is 3.65. The molecule has 0 spiro atoms. The van der Waals surface area contributed by atoms with Crippen LogP contribution < -0.4 is 10.2 Å². The zero-order valence-electron chi connectivity index (χ0n) is 11.6. The Morgan fingerprint density at radius 2 is 2.33 bits per heavy atom. The van der Waals surface area contributed by atoms with E-state index in [9.17, 15) is 0 Å². The van der Waals surface area contributed by atoms with Gasteiger partial charge in [-0.1, -0.05) is 26.3 Å². The maximum atomic E-state index is 3.65. The van der Waals surface area contributed by atoms with Crippen LogP contribution in [0.5, 0.6) is 0 Å². The van der Waals surface area contributed by atoms with Crippen molar-refractivity contribution in [3.05, 3.63) is 24.3 Å². The van der Waals surface area contributed by atoms with E-state index in [2.05, 4.69) is 54.6 Å². The molecule has 1 N–H and O–H groups in total. The Morgan fingerprint density at radius 3 is 3.06 bits per heavy atom. The second-order valence-electron chi connectivity index (χ2n) is 5.09. The lowest BCUT2D eigenvalue weighted by Gasteiger charge is -2.38. The lowest BCUT2D eigenvalue weighted by molar-refractivity contribution is 0.342. The molecule has 1 heterocycles. The first kappa shape index (κ1) is 13.8. The molecule has 0 radical (unpaired) electrons. The Bertz CT molecular complexity index is 381. The van der Waals surface area contributed by atoms with Gasteiger partial charge < -0.3 is 10.2 Å². The number of piperazine rings is 1. The van der Waals surface area contributed by atoms with Crippen LogP contribution in [-0.2, 0) is 0 Å². The molecule has 0 aromatic heterocycles. The highest BCUT2D eigenvalue weighted by Gasteiger charge is 2.23. The molecule has 100 valence electrons. The Balaban J connectivity index is 2.07. The fourth-order valence-electron chi connectivity index (χ4n) is 2.49. The SMILES string of the molecule is CCC(C)C1CN(c2cccc(SC)c2)CCN1. The highest BCUT2D eigenvalue weighted by Crippen LogP contribution is 2.24. The zero-order valence-corrected chi connectivity index (χ0v) is 12.5. The number of benzene rings is 1. The van der Waals surface area contributed by atoms with Gasteiger partial charge in [-0.15, -0.1) is 11.8 Å². The molecule has 0 saturated carbocycles. The minimum Gasteiger partial charge on any atom is -0.369 e. The summed E-state index contributed by atoms with van der Waals surface area (Å²) >= 11 is 1.82. The predicted octanol–water partition coefficient (Wildman–Crippen LogP) is 3.23. The summed E-state index contributed by atoms with van der Waals surface area (Å²) < 4.78 is 0. The highest BCUT2D eigenvalue weighted by atomic mass is 32.2. The van der Waals surface area contributed by atoms with Crippen LogP contribution in [0.1, 0.15) is 20.3 Å². The van der Waals surface area contributed by atoms with E-state index >= 15 is 0 Å². The van der Waals surface area contributed by atoms with Crippen molar-refractivity contribution in [3.63, 3.8) is 0 Å². The minimum atomic E-state index is 0.627. The van der Waals surface area contributed by atoms with Crippen molar-refractivity contribution >= 4 is 17.4 Å². The Labute approximate surface area is 115 Å². The first-order valence-electron chi connectivity index (χ1n) is 6.87. The molecule has 2 atom stereocenters. The second-order valence-corrected chi connectivity index (χ2v) is 5.97. The molecule has 1 aromatic rings. The first-order chi connectivity index (χ1) is 8.74. The summed E-state index contributed by atoms with van der Waals surface area (Å²) in [6, 6.07) is 9.52. The molecule has 0 aliphatic carbocycles. The standard InChI is InChI=1S/C15H24N2S/c1-4-12(2)15-11-17(9-8-16-15)13-6-5-7-14(10-13)18-3/h5-7,10,12,15-16H,4,8-9,11H2,1-3H3. The van der Waals surface area contributed by atoms with Gasteiger partial charge in [0, 0.05) is 36.3 Å². The van der Waals surface area contributed by atoms with Crippen LogP contribution in [0.2, 0.25) is 0 Å². The number of rotatable bonds is 4. The van der Waals surface area contributed by atoms with Gasteiger partial charge in [-0.3, -0.25) is 0 Å². The predicted molar refractivity (Wildman–Crippen MR) is 81.7 cm³/mol. The fraction of sp³-hybridized carbons (Fsp3) is 0.600. The molecule has 1 aromatic carbocycles. The summed E-state index contributed by atoms with van der Waals surface area (Å²) in [7, 11) is 0. The quantitative estimate of drug-likeness (QED) is 0.841. The lowest BCUT2D eigenvalue weighted by Crippen LogP contribution is -2.53. The van der Waals surface area contributed by atoms with Crippen molar-refractivity contribution < 1.29 is 0 Å². The van der Waals surface area contributed by atoms with Crippen molar-refractivity contribution in [2.75, 3.05) is 30.8 Å². The van der Waals surface area contributed by atoms with Gasteiger partial charge in [-0.2, -0.15) is 0 Å². The van der Waals surface area contributed by atoms with Gasteiger partial charge in [0.05, 0.1) is 0 Å². The van der Waals surface area contributed by atoms with Crippen molar-refractivity contribution in [2.45, 2.75) is 31.2 Å². The third-order valence-corrected chi connectivity index (χ3v) is 4.68. The summed E-state index contributed by atoms with van der Waals surface area (Å²) in [4.78, 5) is 3.87. The average molecular weight is 264 g/mol. The Morgan fingerprint density at radius 1 is 1.50 bits per heavy atom. The molecule has 2 unspecified atom stereocenters. The molecule has 2 nitrogen and oxygen atoms in total. The third kappa shape index (κ3) is 3.21. The summed E-state index contributed by atoms with van der Waals surface area (Å²) in [5, 5.41) is 3.65. The second kappa shape index (κ2) is 6.48. The number of anilines is 1. The van der Waals surface area contributed by atoms with E-state index in [1.54, 1.807) is 0 Å². The lowest BCUT2D eigenvalue weighted by atomic mass is 9.97. The largest absolute Gasteiger partial charge is 0.369 e. The van der Waals surface area contributed by atoms with Crippen LogP contribution in [0.4, 0.5) is 5.69 Å². The molecular formula is C15H24N2S. The van der Waals surface area contributed by atoms with Gasteiger partial charge >= 0.3 is 0 Å². The minimum absolute atomic E-state index is 0.627. The van der Waals surface area contributed by atoms with Crippen molar-refractivity contribution in [1.29, 1.82) is 0 Å². The molecule has 1 aliphatic heterocycles. The van der Waals surface area contributed by atoms with Crippen molar-refractivity contribution in [1.82, 2.24) is 5.32 Å². The van der Waals surface area contributed by atoms with E-state index in [1.807, 2.05) is 11.8 Å². The number of nitrogens with one attached hydrogen (secondary N) is 1. The highest BCUT2D eigenvalue weighted by molar-refractivity contribution is 7.98. The van der Waals surface area contributed by atoms with E-state index in [0.29, 0.717) is 6.04 Å². The summed E-state index contributed by atoms with van der Waals surface area (Å²) in [6.45, 7) is 7.97. The van der Waals surface area contributed by atoms with Crippen molar-refractivity contribution in [2.24, 2.45) is 5.92 Å². The molecule has 0 bridgehead atoms. The van der Waals surface area contributed by atoms with Gasteiger partial charge in [0.2, 0.25) is 0 Å². The first-order valence-corrected chi connectivity index (χ1v) is 8.09. The Kier molecular flexibility index (Phi) is 4.95. The van der Waals surface area contributed by atoms with E-state index in [0.717, 1.165) is 25.6 Å². The molecule has 0 amide bonds. The average Bonchev–Trinajstić information content (AvgIpc) is 2.46. The van der Waals surface area contributed by atoms with E-state index in [1.165, 1.54) is 17.0 Å². The summed E-state index contributed by atoms with van der Waals surface area (Å²) in [5.41, 5.74) is 1.37. The summed E-state index contributed by atoms with van der Waals surface area (Å²) in [6.07, 6.45) is 3.38. The molecule has 18 heavy (non-hydrogen) atoms. The number of hydrogen-bond donors (Lipinski definition) is 1. The molecular weight excluding hydrogens is 240 g/mol. The fourth-order valence-corrected chi connectivity index (χ4v) is 2.94. The van der Waals surface area contributed by atoms with Gasteiger partial charge in [0.1, 0.15) is 0 Å². The Hall–Kier alpha value is -0.670. The molecule has 3 heteroatoms. The normalized spacial score (nSPS) is 21.9. The van der Waals surface area contributed by atoms with Crippen LogP contribution in [0, 0.1) is 5.92 Å². The number of nitrogens with zero attached hydrogens (tertiary/aromatic N) is 1. The number of hydrogen-bond acceptors (Lipinski definition) is 3. The van der Waals surface area contributed by atoms with E-state index < -0.39 is 0 Å². The van der Waals surface area contributed by atoms with Crippen LogP contribution in [0.15, 0.2) is 29.2 Å². The van der Waals surface area contributed by atoms with Crippen LogP contribution in [0.25, 0.3) is 0 Å². The molecule has 2 rings (SSSR count). The van der Waals surface area contributed by atoms with Gasteiger partial charge in [0.15, 0.2) is 0 Å². The molecule has 1 aliphatic rings. The maximum Gasteiger partial charge on any atom is 0.0378 e. The van der Waals surface area contributed by atoms with Crippen LogP contribution in [-0.4, -0.2) is 31.9 Å². The third-order valence-electron chi connectivity index (χ3n) is 3.95. The number of thioether (sulfide) groups is 1. The van der Waals surface area contributed by atoms with Crippen molar-refractivity contribution in [3.8, 4) is 0 Å². The van der Waals surface area contributed by atoms with Gasteiger partial charge in [-0.25, -0.2) is 0 Å². The van der Waals surface area contributed by atoms with E-state index in [-0.39, 0.29) is 0 Å². The molecule has 1 saturated heterocycles. The van der Waals surface area contributed by atoms with Crippen LogP contribution in [0.3, 0.4) is 0 Å². The zero-order chi connectivity index (χ0) is 13.0. The topological polar surface area (TPSA) is 15.3 Å².